The molecule has 28 heavy (non-hydrogen) atoms. The van der Waals surface area contributed by atoms with Gasteiger partial charge in [0.2, 0.25) is 5.91 Å². The molecule has 2 aromatic carbocycles. The van der Waals surface area contributed by atoms with Gasteiger partial charge in [0, 0.05) is 18.7 Å². The maximum Gasteiger partial charge on any atom is 0.248 e. The van der Waals surface area contributed by atoms with Crippen molar-refractivity contribution >= 4 is 32.6 Å². The fraction of sp³-hybridized carbons (Fsp3) is 0.333. The number of aryl methyl sites for hydroxylation is 2. The fourth-order valence-corrected chi connectivity index (χ4v) is 4.68. The van der Waals surface area contributed by atoms with E-state index in [1.165, 1.54) is 17.4 Å². The van der Waals surface area contributed by atoms with Crippen LogP contribution in [0.2, 0.25) is 0 Å². The van der Waals surface area contributed by atoms with Crippen molar-refractivity contribution in [2.75, 3.05) is 31.6 Å². The van der Waals surface area contributed by atoms with Crippen molar-refractivity contribution in [2.45, 2.75) is 19.9 Å². The van der Waals surface area contributed by atoms with Crippen LogP contribution in [0.25, 0.3) is 10.2 Å². The Morgan fingerprint density at radius 3 is 2.75 bits per heavy atom. The molecule has 5 nitrogen and oxygen atoms in total. The Bertz CT molecular complexity index is 1010. The molecule has 1 aliphatic rings. The number of benzene rings is 2. The summed E-state index contributed by atoms with van der Waals surface area (Å²) in [5, 5.41) is 3.45. The molecule has 1 amide bonds. The van der Waals surface area contributed by atoms with E-state index in [0.717, 1.165) is 21.3 Å². The van der Waals surface area contributed by atoms with Crippen LogP contribution in [0.4, 0.5) is 9.52 Å². The fourth-order valence-electron chi connectivity index (χ4n) is 3.63. The van der Waals surface area contributed by atoms with E-state index in [1.807, 2.05) is 18.7 Å². The monoisotopic (exact) mass is 399 g/mol. The highest BCUT2D eigenvalue weighted by atomic mass is 32.1. The molecular formula is C21H22FN3O2S. The van der Waals surface area contributed by atoms with E-state index in [-0.39, 0.29) is 11.7 Å². The van der Waals surface area contributed by atoms with Gasteiger partial charge in [-0.3, -0.25) is 9.69 Å². The number of morpholine rings is 1. The number of rotatable bonds is 4. The minimum atomic E-state index is -0.722. The smallest absolute Gasteiger partial charge is 0.248 e. The van der Waals surface area contributed by atoms with Gasteiger partial charge >= 0.3 is 0 Å². The number of nitrogens with one attached hydrogen (secondary N) is 1. The number of aromatic nitrogens is 1. The summed E-state index contributed by atoms with van der Waals surface area (Å²) in [6.45, 7) is 6.25. The first-order valence-electron chi connectivity index (χ1n) is 9.28. The van der Waals surface area contributed by atoms with Gasteiger partial charge in [-0.15, -0.1) is 0 Å². The summed E-state index contributed by atoms with van der Waals surface area (Å²) in [6, 6.07) is 9.85. The summed E-state index contributed by atoms with van der Waals surface area (Å²) in [6.07, 6.45) is 0. The molecule has 1 aromatic heterocycles. The molecule has 1 N–H and O–H groups in total. The molecule has 1 saturated heterocycles. The average Bonchev–Trinajstić information content (AvgIpc) is 3.07. The Morgan fingerprint density at radius 2 is 2.00 bits per heavy atom. The summed E-state index contributed by atoms with van der Waals surface area (Å²) in [5.74, 6) is -0.662. The molecule has 0 aliphatic carbocycles. The molecule has 7 heteroatoms. The van der Waals surface area contributed by atoms with Gasteiger partial charge in [-0.2, -0.15) is 0 Å². The summed E-state index contributed by atoms with van der Waals surface area (Å²) in [4.78, 5) is 19.7. The first-order valence-corrected chi connectivity index (χ1v) is 10.1. The number of hydrogen-bond acceptors (Lipinski definition) is 5. The van der Waals surface area contributed by atoms with Crippen LogP contribution in [0.15, 0.2) is 36.4 Å². The number of amides is 1. The number of anilines is 1. The third kappa shape index (κ3) is 3.78. The number of thiazole rings is 1. The summed E-state index contributed by atoms with van der Waals surface area (Å²) in [7, 11) is 0. The normalized spacial score (nSPS) is 16.2. The molecule has 2 heterocycles. The minimum absolute atomic E-state index is 0.277. The summed E-state index contributed by atoms with van der Waals surface area (Å²) >= 11 is 1.44. The van der Waals surface area contributed by atoms with Crippen LogP contribution in [0.1, 0.15) is 22.7 Å². The zero-order valence-electron chi connectivity index (χ0n) is 15.9. The van der Waals surface area contributed by atoms with E-state index in [1.54, 1.807) is 18.2 Å². The number of fused-ring (bicyclic) bond motifs is 1. The Balaban J connectivity index is 1.66. The van der Waals surface area contributed by atoms with E-state index >= 15 is 0 Å². The first kappa shape index (κ1) is 19.0. The van der Waals surface area contributed by atoms with Crippen molar-refractivity contribution in [3.8, 4) is 0 Å². The molecule has 1 aliphatic heterocycles. The van der Waals surface area contributed by atoms with Crippen molar-refractivity contribution in [2.24, 2.45) is 0 Å². The second-order valence-corrected chi connectivity index (χ2v) is 8.04. The zero-order valence-corrected chi connectivity index (χ0v) is 16.7. The Kier molecular flexibility index (Phi) is 5.39. The lowest BCUT2D eigenvalue weighted by Crippen LogP contribution is -2.44. The van der Waals surface area contributed by atoms with E-state index in [9.17, 15) is 9.18 Å². The van der Waals surface area contributed by atoms with Crippen LogP contribution < -0.4 is 5.32 Å². The van der Waals surface area contributed by atoms with Gasteiger partial charge in [0.1, 0.15) is 11.9 Å². The molecule has 0 saturated carbocycles. The predicted molar refractivity (Wildman–Crippen MR) is 109 cm³/mol. The van der Waals surface area contributed by atoms with Crippen molar-refractivity contribution < 1.29 is 13.9 Å². The number of halogens is 1. The standard InChI is InChI=1S/C21H22FN3O2S/c1-13-11-14(2)18-17(12-13)28-21(23-18)24-20(26)19(25-7-9-27-10-8-25)15-5-3-4-6-16(15)22/h3-6,11-12,19H,7-10H2,1-2H3,(H,23,24,26)/t19-/m0/s1. The molecule has 0 radical (unpaired) electrons. The van der Waals surface area contributed by atoms with Crippen molar-refractivity contribution in [3.05, 3.63) is 58.9 Å². The lowest BCUT2D eigenvalue weighted by atomic mass is 10.0. The second kappa shape index (κ2) is 7.95. The highest BCUT2D eigenvalue weighted by Crippen LogP contribution is 2.31. The number of ether oxygens (including phenoxy) is 1. The lowest BCUT2D eigenvalue weighted by Gasteiger charge is -2.33. The number of carbonyl (C=O) groups is 1. The highest BCUT2D eigenvalue weighted by Gasteiger charge is 2.31. The lowest BCUT2D eigenvalue weighted by molar-refractivity contribution is -0.123. The summed E-state index contributed by atoms with van der Waals surface area (Å²) in [5.41, 5.74) is 3.49. The molecule has 1 atom stereocenters. The first-order chi connectivity index (χ1) is 13.5. The van der Waals surface area contributed by atoms with Crippen LogP contribution in [0.3, 0.4) is 0 Å². The topological polar surface area (TPSA) is 54.5 Å². The van der Waals surface area contributed by atoms with Gasteiger partial charge in [-0.25, -0.2) is 9.37 Å². The van der Waals surface area contributed by atoms with E-state index in [4.69, 9.17) is 4.74 Å². The quantitative estimate of drug-likeness (QED) is 0.719. The SMILES string of the molecule is Cc1cc(C)c2nc(NC(=O)[C@H](c3ccccc3F)N3CCOCC3)sc2c1. The van der Waals surface area contributed by atoms with Crippen molar-refractivity contribution in [1.29, 1.82) is 0 Å². The highest BCUT2D eigenvalue weighted by molar-refractivity contribution is 7.22. The van der Waals surface area contributed by atoms with Gasteiger partial charge in [-0.05, 0) is 37.1 Å². The van der Waals surface area contributed by atoms with Gasteiger partial charge < -0.3 is 10.1 Å². The third-order valence-corrected chi connectivity index (χ3v) is 5.84. The molecule has 146 valence electrons. The molecule has 0 spiro atoms. The van der Waals surface area contributed by atoms with Crippen LogP contribution in [-0.2, 0) is 9.53 Å². The number of carbonyl (C=O) groups excluding carboxylic acids is 1. The average molecular weight is 399 g/mol. The van der Waals surface area contributed by atoms with E-state index < -0.39 is 6.04 Å². The molecule has 3 aromatic rings. The van der Waals surface area contributed by atoms with Crippen LogP contribution >= 0.6 is 11.3 Å². The zero-order chi connectivity index (χ0) is 19.7. The van der Waals surface area contributed by atoms with Gasteiger partial charge in [0.05, 0.1) is 23.4 Å². The maximum absolute atomic E-state index is 14.5. The molecule has 0 bridgehead atoms. The van der Waals surface area contributed by atoms with Crippen LogP contribution in [-0.4, -0.2) is 42.1 Å². The van der Waals surface area contributed by atoms with Gasteiger partial charge in [-0.1, -0.05) is 35.6 Å². The number of hydrogen-bond donors (Lipinski definition) is 1. The number of nitrogens with zero attached hydrogens (tertiary/aromatic N) is 2. The Morgan fingerprint density at radius 1 is 1.25 bits per heavy atom. The molecule has 1 fully saturated rings. The Labute approximate surface area is 167 Å². The largest absolute Gasteiger partial charge is 0.379 e. The van der Waals surface area contributed by atoms with Crippen molar-refractivity contribution in [3.63, 3.8) is 0 Å². The maximum atomic E-state index is 14.5. The minimum Gasteiger partial charge on any atom is -0.379 e. The molecule has 0 unspecified atom stereocenters. The van der Waals surface area contributed by atoms with Crippen LogP contribution in [0.5, 0.6) is 0 Å². The van der Waals surface area contributed by atoms with Crippen molar-refractivity contribution in [1.82, 2.24) is 9.88 Å². The predicted octanol–water partition coefficient (Wildman–Crippen LogP) is 4.06. The Hall–Kier alpha value is -2.35. The second-order valence-electron chi connectivity index (χ2n) is 7.01. The molecule has 4 rings (SSSR count). The van der Waals surface area contributed by atoms with Gasteiger partial charge in [0.25, 0.3) is 0 Å². The van der Waals surface area contributed by atoms with Gasteiger partial charge in [0.15, 0.2) is 5.13 Å². The van der Waals surface area contributed by atoms with Crippen LogP contribution in [0, 0.1) is 19.7 Å². The van der Waals surface area contributed by atoms with E-state index in [0.29, 0.717) is 37.0 Å². The van der Waals surface area contributed by atoms with E-state index in [2.05, 4.69) is 22.4 Å². The molecular weight excluding hydrogens is 377 g/mol. The summed E-state index contributed by atoms with van der Waals surface area (Å²) < 4.78 is 20.9. The third-order valence-electron chi connectivity index (χ3n) is 4.92.